The first-order valence-electron chi connectivity index (χ1n) is 10.1. The van der Waals surface area contributed by atoms with Crippen LogP contribution in [0.4, 0.5) is 10.6 Å². The molecule has 0 N–H and O–H groups in total. The number of hydrogen-bond acceptors (Lipinski definition) is 5. The monoisotopic (exact) mass is 374 g/mol. The van der Waals surface area contributed by atoms with Crippen molar-refractivity contribution in [3.05, 3.63) is 23.9 Å². The van der Waals surface area contributed by atoms with E-state index in [4.69, 9.17) is 4.74 Å². The fourth-order valence-electron chi connectivity index (χ4n) is 3.92. The number of nitrogens with zero attached hydrogens (tertiary/aromatic N) is 4. The van der Waals surface area contributed by atoms with Gasteiger partial charge >= 0.3 is 6.09 Å². The molecule has 3 heterocycles. The molecule has 3 rings (SSSR count). The molecule has 0 bridgehead atoms. The molecule has 0 radical (unpaired) electrons. The van der Waals surface area contributed by atoms with Gasteiger partial charge in [0.2, 0.25) is 0 Å². The summed E-state index contributed by atoms with van der Waals surface area (Å²) in [6.07, 6.45) is 6.15. The highest BCUT2D eigenvalue weighted by atomic mass is 16.6. The Labute approximate surface area is 161 Å². The highest BCUT2D eigenvalue weighted by Gasteiger charge is 2.27. The molecule has 7 nitrogen and oxygen atoms in total. The highest BCUT2D eigenvalue weighted by molar-refractivity contribution is 5.95. The number of piperidine rings is 1. The lowest BCUT2D eigenvalue weighted by Crippen LogP contribution is -2.50. The van der Waals surface area contributed by atoms with Gasteiger partial charge in [-0.05, 0) is 44.7 Å². The van der Waals surface area contributed by atoms with Crippen LogP contribution in [0.1, 0.15) is 49.9 Å². The van der Waals surface area contributed by atoms with Crippen LogP contribution in [0.5, 0.6) is 0 Å². The Morgan fingerprint density at radius 3 is 2.56 bits per heavy atom. The van der Waals surface area contributed by atoms with Crippen LogP contribution in [-0.2, 0) is 4.74 Å². The summed E-state index contributed by atoms with van der Waals surface area (Å²) in [4.78, 5) is 35.1. The SMILES string of the molecule is CCOC(=O)N1CCN(C(=O)c2ccnc(N3CCCCC3CC)c2)CC1. The Balaban J connectivity index is 1.65. The van der Waals surface area contributed by atoms with Crippen molar-refractivity contribution >= 4 is 17.8 Å². The van der Waals surface area contributed by atoms with Gasteiger partial charge in [-0.3, -0.25) is 4.79 Å². The van der Waals surface area contributed by atoms with Crippen LogP contribution >= 0.6 is 0 Å². The van der Waals surface area contributed by atoms with E-state index in [9.17, 15) is 9.59 Å². The number of hydrogen-bond donors (Lipinski definition) is 0. The van der Waals surface area contributed by atoms with Gasteiger partial charge in [0.25, 0.3) is 5.91 Å². The fourth-order valence-corrected chi connectivity index (χ4v) is 3.92. The number of carbonyl (C=O) groups excluding carboxylic acids is 2. The van der Waals surface area contributed by atoms with Crippen molar-refractivity contribution in [3.63, 3.8) is 0 Å². The zero-order chi connectivity index (χ0) is 19.2. The van der Waals surface area contributed by atoms with Crippen molar-refractivity contribution in [1.82, 2.24) is 14.8 Å². The van der Waals surface area contributed by atoms with Gasteiger partial charge < -0.3 is 19.4 Å². The summed E-state index contributed by atoms with van der Waals surface area (Å²) in [5, 5.41) is 0. The van der Waals surface area contributed by atoms with Gasteiger partial charge in [-0.2, -0.15) is 0 Å². The first kappa shape index (κ1) is 19.5. The third-order valence-corrected chi connectivity index (χ3v) is 5.48. The number of anilines is 1. The normalized spacial score (nSPS) is 20.5. The molecule has 0 aromatic carbocycles. The van der Waals surface area contributed by atoms with E-state index in [2.05, 4.69) is 16.8 Å². The Kier molecular flexibility index (Phi) is 6.53. The molecule has 2 aliphatic heterocycles. The van der Waals surface area contributed by atoms with Crippen LogP contribution in [0.2, 0.25) is 0 Å². The van der Waals surface area contributed by atoms with Gasteiger partial charge in [0.1, 0.15) is 5.82 Å². The van der Waals surface area contributed by atoms with E-state index in [1.165, 1.54) is 19.3 Å². The quantitative estimate of drug-likeness (QED) is 0.811. The molecular weight excluding hydrogens is 344 g/mol. The number of rotatable bonds is 4. The molecule has 2 aliphatic rings. The minimum Gasteiger partial charge on any atom is -0.450 e. The van der Waals surface area contributed by atoms with Crippen LogP contribution in [-0.4, -0.2) is 72.2 Å². The van der Waals surface area contributed by atoms with Gasteiger partial charge in [0.15, 0.2) is 0 Å². The largest absolute Gasteiger partial charge is 0.450 e. The van der Waals surface area contributed by atoms with Crippen molar-refractivity contribution < 1.29 is 14.3 Å². The van der Waals surface area contributed by atoms with Crippen LogP contribution in [0.15, 0.2) is 18.3 Å². The third-order valence-electron chi connectivity index (χ3n) is 5.48. The molecule has 1 atom stereocenters. The molecule has 1 unspecified atom stereocenters. The van der Waals surface area contributed by atoms with E-state index in [0.29, 0.717) is 44.4 Å². The van der Waals surface area contributed by atoms with Crippen molar-refractivity contribution in [2.45, 2.75) is 45.6 Å². The zero-order valence-corrected chi connectivity index (χ0v) is 16.4. The minimum atomic E-state index is -0.300. The van der Waals surface area contributed by atoms with Gasteiger partial charge in [-0.15, -0.1) is 0 Å². The first-order valence-corrected chi connectivity index (χ1v) is 10.1. The Bertz CT molecular complexity index is 658. The van der Waals surface area contributed by atoms with Gasteiger partial charge in [0.05, 0.1) is 6.61 Å². The minimum absolute atomic E-state index is 0.00668. The summed E-state index contributed by atoms with van der Waals surface area (Å²) in [5.41, 5.74) is 0.671. The summed E-state index contributed by atoms with van der Waals surface area (Å²) >= 11 is 0. The second kappa shape index (κ2) is 9.06. The molecular formula is C20H30N4O3. The number of amides is 2. The lowest BCUT2D eigenvalue weighted by Gasteiger charge is -2.36. The van der Waals surface area contributed by atoms with Gasteiger partial charge in [0, 0.05) is 50.5 Å². The van der Waals surface area contributed by atoms with Crippen LogP contribution in [0, 0.1) is 0 Å². The maximum Gasteiger partial charge on any atom is 0.409 e. The number of ether oxygens (including phenoxy) is 1. The molecule has 7 heteroatoms. The molecule has 2 saturated heterocycles. The molecule has 1 aromatic rings. The Hall–Kier alpha value is -2.31. The molecule has 0 spiro atoms. The zero-order valence-electron chi connectivity index (χ0n) is 16.4. The summed E-state index contributed by atoms with van der Waals surface area (Å²) in [6.45, 7) is 7.44. The lowest BCUT2D eigenvalue weighted by molar-refractivity contribution is 0.0570. The molecule has 2 amide bonds. The predicted molar refractivity (Wildman–Crippen MR) is 104 cm³/mol. The average Bonchev–Trinajstić information content (AvgIpc) is 2.73. The second-order valence-electron chi connectivity index (χ2n) is 7.13. The summed E-state index contributed by atoms with van der Waals surface area (Å²) in [5.74, 6) is 0.907. The topological polar surface area (TPSA) is 66.0 Å². The van der Waals surface area contributed by atoms with Gasteiger partial charge in [-0.25, -0.2) is 9.78 Å². The second-order valence-corrected chi connectivity index (χ2v) is 7.13. The maximum absolute atomic E-state index is 12.9. The molecule has 0 aliphatic carbocycles. The number of pyridine rings is 1. The number of carbonyl (C=O) groups is 2. The first-order chi connectivity index (χ1) is 13.1. The number of piperazine rings is 1. The van der Waals surface area contributed by atoms with E-state index in [1.807, 2.05) is 11.0 Å². The molecule has 0 saturated carbocycles. The van der Waals surface area contributed by atoms with Crippen LogP contribution in [0.25, 0.3) is 0 Å². The van der Waals surface area contributed by atoms with Gasteiger partial charge in [-0.1, -0.05) is 6.92 Å². The molecule has 148 valence electrons. The van der Waals surface area contributed by atoms with Crippen molar-refractivity contribution in [3.8, 4) is 0 Å². The average molecular weight is 374 g/mol. The number of aromatic nitrogens is 1. The van der Waals surface area contributed by atoms with Crippen molar-refractivity contribution in [2.75, 3.05) is 44.2 Å². The van der Waals surface area contributed by atoms with E-state index >= 15 is 0 Å². The Morgan fingerprint density at radius 1 is 1.11 bits per heavy atom. The van der Waals surface area contributed by atoms with E-state index in [1.54, 1.807) is 24.1 Å². The van der Waals surface area contributed by atoms with Crippen molar-refractivity contribution in [2.24, 2.45) is 0 Å². The third kappa shape index (κ3) is 4.51. The smallest absolute Gasteiger partial charge is 0.409 e. The highest BCUT2D eigenvalue weighted by Crippen LogP contribution is 2.25. The summed E-state index contributed by atoms with van der Waals surface area (Å²) in [6, 6.07) is 4.22. The standard InChI is InChI=1S/C20H30N4O3/c1-3-17-7-5-6-10-24(17)18-15-16(8-9-21-18)19(25)22-11-13-23(14-12-22)20(26)27-4-2/h8-9,15,17H,3-7,10-14H2,1-2H3. The van der Waals surface area contributed by atoms with E-state index in [0.717, 1.165) is 18.8 Å². The fraction of sp³-hybridized carbons (Fsp3) is 0.650. The van der Waals surface area contributed by atoms with E-state index in [-0.39, 0.29) is 12.0 Å². The lowest BCUT2D eigenvalue weighted by atomic mass is 10.00. The Morgan fingerprint density at radius 2 is 1.85 bits per heavy atom. The summed E-state index contributed by atoms with van der Waals surface area (Å²) < 4.78 is 5.04. The maximum atomic E-state index is 12.9. The molecule has 1 aromatic heterocycles. The molecule has 27 heavy (non-hydrogen) atoms. The van der Waals surface area contributed by atoms with Crippen LogP contribution in [0.3, 0.4) is 0 Å². The van der Waals surface area contributed by atoms with Crippen molar-refractivity contribution in [1.29, 1.82) is 0 Å². The predicted octanol–water partition coefficient (Wildman–Crippen LogP) is 2.76. The van der Waals surface area contributed by atoms with E-state index < -0.39 is 0 Å². The molecule has 2 fully saturated rings. The van der Waals surface area contributed by atoms with Crippen LogP contribution < -0.4 is 4.90 Å². The summed E-state index contributed by atoms with van der Waals surface area (Å²) in [7, 11) is 0.